The van der Waals surface area contributed by atoms with Crippen molar-refractivity contribution in [2.45, 2.75) is 0 Å². The van der Waals surface area contributed by atoms with Crippen LogP contribution in [-0.2, 0) is 11.8 Å². The first-order valence-electron chi connectivity index (χ1n) is 5.21. The maximum Gasteiger partial charge on any atom is 0.327 e. The average Bonchev–Trinajstić information content (AvgIpc) is 2.36. The maximum absolute atomic E-state index is 11.6. The first-order valence-corrected chi connectivity index (χ1v) is 5.62. The molecule has 17 heavy (non-hydrogen) atoms. The number of aromatic nitrogens is 2. The number of nitrogens with zero attached hydrogens (tertiary/aromatic N) is 3. The van der Waals surface area contributed by atoms with Gasteiger partial charge in [0.05, 0.1) is 13.2 Å². The monoisotopic (exact) mass is 252 g/mol. The van der Waals surface area contributed by atoms with Gasteiger partial charge in [-0.05, 0) is 0 Å². The molecule has 2 heterocycles. The number of nitrogens with one attached hydrogen (secondary N) is 1. The van der Waals surface area contributed by atoms with Crippen LogP contribution in [0.15, 0.2) is 4.79 Å². The van der Waals surface area contributed by atoms with Crippen LogP contribution in [0.25, 0.3) is 0 Å². The van der Waals surface area contributed by atoms with E-state index in [0.29, 0.717) is 37.7 Å². The van der Waals surface area contributed by atoms with Crippen molar-refractivity contribution in [1.82, 2.24) is 9.55 Å². The average molecular weight is 252 g/mol. The fraction of sp³-hybridized carbons (Fsp3) is 0.500. The second-order valence-corrected chi connectivity index (χ2v) is 4.12. The van der Waals surface area contributed by atoms with Crippen LogP contribution in [0, 0.1) is 16.0 Å². The van der Waals surface area contributed by atoms with E-state index in [1.54, 1.807) is 7.05 Å². The lowest BCUT2D eigenvalue weighted by atomic mass is 10.3. The minimum absolute atomic E-state index is 0.262. The maximum atomic E-state index is 11.6. The van der Waals surface area contributed by atoms with Crippen LogP contribution in [-0.4, -0.2) is 35.9 Å². The van der Waals surface area contributed by atoms with Crippen molar-refractivity contribution < 1.29 is 4.74 Å². The van der Waals surface area contributed by atoms with Gasteiger partial charge in [-0.3, -0.25) is 9.55 Å². The molecule has 0 aromatic carbocycles. The van der Waals surface area contributed by atoms with Crippen LogP contribution in [0.1, 0.15) is 5.56 Å². The van der Waals surface area contributed by atoms with E-state index in [4.69, 9.17) is 22.2 Å². The minimum atomic E-state index is -0.310. The Kier molecular flexibility index (Phi) is 3.26. The van der Waals surface area contributed by atoms with Crippen LogP contribution in [0.3, 0.4) is 0 Å². The molecule has 1 aliphatic heterocycles. The predicted octanol–water partition coefficient (Wildman–Crippen LogP) is 0.151. The molecule has 1 aromatic heterocycles. The van der Waals surface area contributed by atoms with Gasteiger partial charge in [0.1, 0.15) is 22.1 Å². The van der Waals surface area contributed by atoms with Crippen LogP contribution in [0.5, 0.6) is 0 Å². The summed E-state index contributed by atoms with van der Waals surface area (Å²) in [5.41, 5.74) is 0.0273. The van der Waals surface area contributed by atoms with E-state index < -0.39 is 0 Å². The molecule has 0 unspecified atom stereocenters. The number of nitriles is 1. The number of rotatable bonds is 1. The molecule has 0 saturated carbocycles. The van der Waals surface area contributed by atoms with Gasteiger partial charge >= 0.3 is 5.69 Å². The topological polar surface area (TPSA) is 74.1 Å². The quantitative estimate of drug-likeness (QED) is 0.720. The zero-order valence-corrected chi connectivity index (χ0v) is 10.2. The van der Waals surface area contributed by atoms with Crippen LogP contribution < -0.4 is 10.6 Å². The number of anilines is 1. The van der Waals surface area contributed by atoms with E-state index in [1.165, 1.54) is 4.57 Å². The van der Waals surface area contributed by atoms with Gasteiger partial charge in [-0.1, -0.05) is 12.2 Å². The van der Waals surface area contributed by atoms with Crippen molar-refractivity contribution in [2.24, 2.45) is 7.05 Å². The van der Waals surface area contributed by atoms with Crippen molar-refractivity contribution in [3.05, 3.63) is 20.7 Å². The number of H-pyrrole nitrogens is 1. The number of hydrogen-bond donors (Lipinski definition) is 1. The molecule has 0 radical (unpaired) electrons. The summed E-state index contributed by atoms with van der Waals surface area (Å²) in [6, 6.07) is 2.05. The summed E-state index contributed by atoms with van der Waals surface area (Å²) in [7, 11) is 1.55. The van der Waals surface area contributed by atoms with Gasteiger partial charge in [-0.2, -0.15) is 5.26 Å². The number of aromatic amines is 1. The highest BCUT2D eigenvalue weighted by Crippen LogP contribution is 2.17. The third-order valence-electron chi connectivity index (χ3n) is 2.72. The lowest BCUT2D eigenvalue weighted by Gasteiger charge is -2.28. The molecule has 1 fully saturated rings. The van der Waals surface area contributed by atoms with Gasteiger partial charge in [-0.15, -0.1) is 0 Å². The molecule has 0 spiro atoms. The Labute approximate surface area is 103 Å². The van der Waals surface area contributed by atoms with E-state index in [-0.39, 0.29) is 10.3 Å². The van der Waals surface area contributed by atoms with Gasteiger partial charge in [0.25, 0.3) is 0 Å². The predicted molar refractivity (Wildman–Crippen MR) is 64.6 cm³/mol. The highest BCUT2D eigenvalue weighted by atomic mass is 32.1. The standard InChI is InChI=1S/C10H12N4O2S/c1-13-9(17)7(6-11)8(12-10(13)15)14-2-4-16-5-3-14/h2-5H2,1H3,(H,12,15). The summed E-state index contributed by atoms with van der Waals surface area (Å²) in [5.74, 6) is 0.504. The second kappa shape index (κ2) is 4.69. The molecule has 90 valence electrons. The molecule has 2 rings (SSSR count). The van der Waals surface area contributed by atoms with Crippen molar-refractivity contribution in [3.63, 3.8) is 0 Å². The first-order chi connectivity index (χ1) is 8.15. The van der Waals surface area contributed by atoms with Crippen LogP contribution >= 0.6 is 12.2 Å². The van der Waals surface area contributed by atoms with Crippen LogP contribution in [0.4, 0.5) is 5.82 Å². The summed E-state index contributed by atoms with van der Waals surface area (Å²) in [5, 5.41) is 9.14. The second-order valence-electron chi connectivity index (χ2n) is 3.73. The highest BCUT2D eigenvalue weighted by molar-refractivity contribution is 7.71. The Hall–Kier alpha value is -1.65. The van der Waals surface area contributed by atoms with Gasteiger partial charge in [0.15, 0.2) is 0 Å². The molecule has 1 aromatic rings. The summed E-state index contributed by atoms with van der Waals surface area (Å²) in [4.78, 5) is 16.3. The number of morpholine rings is 1. The van der Waals surface area contributed by atoms with Crippen molar-refractivity contribution in [1.29, 1.82) is 5.26 Å². The Morgan fingerprint density at radius 3 is 2.71 bits per heavy atom. The van der Waals surface area contributed by atoms with E-state index in [0.717, 1.165) is 0 Å². The Bertz CT molecular complexity index is 577. The molecule has 7 heteroatoms. The SMILES string of the molecule is Cn1c(=O)[nH]c(N2CCOCC2)c(C#N)c1=S. The molecular weight excluding hydrogens is 240 g/mol. The summed E-state index contributed by atoms with van der Waals surface area (Å²) >= 11 is 5.10. The molecule has 0 amide bonds. The third-order valence-corrected chi connectivity index (χ3v) is 3.20. The summed E-state index contributed by atoms with van der Waals surface area (Å²) in [6.45, 7) is 2.46. The molecule has 1 saturated heterocycles. The third kappa shape index (κ3) is 2.09. The first kappa shape index (κ1) is 11.8. The zero-order chi connectivity index (χ0) is 12.4. The lowest BCUT2D eigenvalue weighted by molar-refractivity contribution is 0.122. The number of hydrogen-bond acceptors (Lipinski definition) is 5. The normalized spacial score (nSPS) is 15.6. The van der Waals surface area contributed by atoms with Crippen LogP contribution in [0.2, 0.25) is 0 Å². The number of ether oxygens (including phenoxy) is 1. The van der Waals surface area contributed by atoms with Crippen molar-refractivity contribution >= 4 is 18.0 Å². The zero-order valence-electron chi connectivity index (χ0n) is 9.39. The lowest BCUT2D eigenvalue weighted by Crippen LogP contribution is -2.39. The molecule has 0 aliphatic carbocycles. The largest absolute Gasteiger partial charge is 0.378 e. The minimum Gasteiger partial charge on any atom is -0.378 e. The van der Waals surface area contributed by atoms with E-state index in [2.05, 4.69) is 11.1 Å². The van der Waals surface area contributed by atoms with E-state index in [1.807, 2.05) is 4.90 Å². The Morgan fingerprint density at radius 2 is 2.12 bits per heavy atom. The van der Waals surface area contributed by atoms with Gasteiger partial charge in [0.2, 0.25) is 0 Å². The smallest absolute Gasteiger partial charge is 0.327 e. The van der Waals surface area contributed by atoms with Gasteiger partial charge < -0.3 is 9.64 Å². The van der Waals surface area contributed by atoms with E-state index >= 15 is 0 Å². The summed E-state index contributed by atoms with van der Waals surface area (Å²) in [6.07, 6.45) is 0. The molecule has 1 aliphatic rings. The fourth-order valence-corrected chi connectivity index (χ4v) is 1.96. The van der Waals surface area contributed by atoms with Gasteiger partial charge in [-0.25, -0.2) is 4.79 Å². The van der Waals surface area contributed by atoms with Gasteiger partial charge in [0, 0.05) is 20.1 Å². The molecule has 1 N–H and O–H groups in total. The van der Waals surface area contributed by atoms with E-state index in [9.17, 15) is 4.79 Å². The Morgan fingerprint density at radius 1 is 1.47 bits per heavy atom. The molecule has 0 atom stereocenters. The van der Waals surface area contributed by atoms with Crippen molar-refractivity contribution in [3.8, 4) is 6.07 Å². The highest BCUT2D eigenvalue weighted by Gasteiger charge is 2.18. The fourth-order valence-electron chi connectivity index (χ4n) is 1.73. The molecular formula is C10H12N4O2S. The molecule has 6 nitrogen and oxygen atoms in total. The Balaban J connectivity index is 2.57. The molecule has 0 bridgehead atoms. The van der Waals surface area contributed by atoms with Crippen molar-refractivity contribution in [2.75, 3.05) is 31.2 Å². The summed E-state index contributed by atoms with van der Waals surface area (Å²) < 4.78 is 6.75.